The number of imidazole rings is 1. The van der Waals surface area contributed by atoms with E-state index in [4.69, 9.17) is 0 Å². The Kier molecular flexibility index (Phi) is 2.73. The topological polar surface area (TPSA) is 107 Å². The van der Waals surface area contributed by atoms with Gasteiger partial charge in [-0.05, 0) is 24.3 Å². The van der Waals surface area contributed by atoms with Crippen LogP contribution >= 0.6 is 0 Å². The number of phenols is 1. The Morgan fingerprint density at radius 2 is 1.80 bits per heavy atom. The number of aromatic amines is 2. The van der Waals surface area contributed by atoms with E-state index in [0.29, 0.717) is 11.3 Å². The van der Waals surface area contributed by atoms with E-state index in [1.807, 2.05) is 30.3 Å². The van der Waals surface area contributed by atoms with E-state index in [0.717, 1.165) is 5.56 Å². The van der Waals surface area contributed by atoms with Gasteiger partial charge in [0, 0.05) is 0 Å². The SMILES string of the molecule is O=S(=O)([O-])c1c(O)ccc2[nH]c(-c3ccccc3)[nH+]c12. The molecule has 0 aliphatic carbocycles. The van der Waals surface area contributed by atoms with Crippen LogP contribution in [0.3, 0.4) is 0 Å². The second kappa shape index (κ2) is 4.32. The number of aromatic nitrogens is 2. The fraction of sp³-hybridized carbons (Fsp3) is 0. The molecule has 0 radical (unpaired) electrons. The molecule has 0 amide bonds. The van der Waals surface area contributed by atoms with Gasteiger partial charge in [0.25, 0.3) is 5.82 Å². The average molecular weight is 290 g/mol. The lowest BCUT2D eigenvalue weighted by atomic mass is 10.2. The molecule has 0 unspecified atom stereocenters. The lowest BCUT2D eigenvalue weighted by Crippen LogP contribution is -2.08. The van der Waals surface area contributed by atoms with Crippen molar-refractivity contribution >= 4 is 21.2 Å². The van der Waals surface area contributed by atoms with Crippen LogP contribution in [0.2, 0.25) is 0 Å². The number of aromatic hydroxyl groups is 1. The van der Waals surface area contributed by atoms with Gasteiger partial charge < -0.3 is 9.66 Å². The van der Waals surface area contributed by atoms with Crippen molar-refractivity contribution in [2.24, 2.45) is 0 Å². The molecule has 0 spiro atoms. The summed E-state index contributed by atoms with van der Waals surface area (Å²) < 4.78 is 33.8. The summed E-state index contributed by atoms with van der Waals surface area (Å²) in [5, 5.41) is 9.61. The van der Waals surface area contributed by atoms with Crippen LogP contribution in [0, 0.1) is 0 Å². The van der Waals surface area contributed by atoms with Crippen molar-refractivity contribution in [2.75, 3.05) is 0 Å². The van der Waals surface area contributed by atoms with E-state index in [1.165, 1.54) is 12.1 Å². The largest absolute Gasteiger partial charge is 0.744 e. The Balaban J connectivity index is 2.33. The average Bonchev–Trinajstić information content (AvgIpc) is 2.81. The minimum absolute atomic E-state index is 0.0684. The summed E-state index contributed by atoms with van der Waals surface area (Å²) in [7, 11) is -4.78. The lowest BCUT2D eigenvalue weighted by Gasteiger charge is -2.07. The van der Waals surface area contributed by atoms with Crippen molar-refractivity contribution in [1.29, 1.82) is 0 Å². The zero-order valence-corrected chi connectivity index (χ0v) is 10.9. The Morgan fingerprint density at radius 3 is 2.45 bits per heavy atom. The normalized spacial score (nSPS) is 11.8. The molecule has 102 valence electrons. The van der Waals surface area contributed by atoms with Gasteiger partial charge in [-0.25, -0.2) is 18.4 Å². The van der Waals surface area contributed by atoms with Crippen LogP contribution in [0.25, 0.3) is 22.4 Å². The van der Waals surface area contributed by atoms with Gasteiger partial charge >= 0.3 is 0 Å². The first kappa shape index (κ1) is 12.6. The Hall–Kier alpha value is -2.38. The van der Waals surface area contributed by atoms with Gasteiger partial charge in [0.05, 0.1) is 5.56 Å². The summed E-state index contributed by atoms with van der Waals surface area (Å²) >= 11 is 0. The highest BCUT2D eigenvalue weighted by Gasteiger charge is 2.21. The highest BCUT2D eigenvalue weighted by Crippen LogP contribution is 2.29. The van der Waals surface area contributed by atoms with Crippen LogP contribution in [-0.4, -0.2) is 23.1 Å². The van der Waals surface area contributed by atoms with E-state index >= 15 is 0 Å². The minimum Gasteiger partial charge on any atom is -0.744 e. The molecular weight excluding hydrogens is 280 g/mol. The predicted molar refractivity (Wildman–Crippen MR) is 69.9 cm³/mol. The monoisotopic (exact) mass is 290 g/mol. The summed E-state index contributed by atoms with van der Waals surface area (Å²) in [6.45, 7) is 0. The maximum atomic E-state index is 11.3. The molecule has 1 heterocycles. The zero-order valence-electron chi connectivity index (χ0n) is 10.1. The molecule has 0 aliphatic heterocycles. The van der Waals surface area contributed by atoms with Gasteiger partial charge in [-0.15, -0.1) is 0 Å². The number of benzene rings is 2. The highest BCUT2D eigenvalue weighted by molar-refractivity contribution is 7.86. The lowest BCUT2D eigenvalue weighted by molar-refractivity contribution is -0.332. The standard InChI is InChI=1S/C13H10N2O4S/c16-10-7-6-9-11(12(10)20(17,18)19)15-13(14-9)8-4-2-1-3-5-8/h1-7,16H,(H,14,15)(H,17,18,19). The van der Waals surface area contributed by atoms with E-state index in [9.17, 15) is 18.1 Å². The molecule has 7 heteroatoms. The Morgan fingerprint density at radius 1 is 1.10 bits per heavy atom. The van der Waals surface area contributed by atoms with E-state index in [2.05, 4.69) is 9.97 Å². The summed E-state index contributed by atoms with van der Waals surface area (Å²) in [4.78, 5) is 5.17. The fourth-order valence-electron chi connectivity index (χ4n) is 2.09. The van der Waals surface area contributed by atoms with E-state index in [-0.39, 0.29) is 5.52 Å². The molecule has 0 fully saturated rings. The van der Waals surface area contributed by atoms with Crippen LogP contribution in [0.4, 0.5) is 0 Å². The summed E-state index contributed by atoms with van der Waals surface area (Å²) in [6, 6.07) is 11.8. The molecule has 3 aromatic rings. The molecule has 3 rings (SSSR count). The summed E-state index contributed by atoms with van der Waals surface area (Å²) in [5.41, 5.74) is 1.30. The maximum Gasteiger partial charge on any atom is 0.285 e. The van der Waals surface area contributed by atoms with Crippen LogP contribution in [0.15, 0.2) is 47.4 Å². The number of phenolic OH excluding ortho intramolecular Hbond substituents is 1. The van der Waals surface area contributed by atoms with Gasteiger partial charge in [-0.2, -0.15) is 0 Å². The molecule has 6 nitrogen and oxygen atoms in total. The second-order valence-electron chi connectivity index (χ2n) is 4.28. The molecule has 0 bridgehead atoms. The van der Waals surface area contributed by atoms with Crippen molar-refractivity contribution in [2.45, 2.75) is 4.90 Å². The van der Waals surface area contributed by atoms with Gasteiger partial charge in [-0.1, -0.05) is 18.2 Å². The molecule has 0 atom stereocenters. The minimum atomic E-state index is -4.78. The maximum absolute atomic E-state index is 11.3. The smallest absolute Gasteiger partial charge is 0.285 e. The van der Waals surface area contributed by atoms with E-state index in [1.54, 1.807) is 0 Å². The molecule has 0 saturated carbocycles. The van der Waals surface area contributed by atoms with Crippen LogP contribution in [0.1, 0.15) is 0 Å². The predicted octanol–water partition coefficient (Wildman–Crippen LogP) is 1.26. The fourth-order valence-corrected chi connectivity index (χ4v) is 2.83. The second-order valence-corrected chi connectivity index (χ2v) is 5.60. The van der Waals surface area contributed by atoms with Crippen molar-refractivity contribution in [3.8, 4) is 17.1 Å². The number of hydrogen-bond acceptors (Lipinski definition) is 4. The Bertz CT molecular complexity index is 885. The van der Waals surface area contributed by atoms with E-state index < -0.39 is 20.8 Å². The number of fused-ring (bicyclic) bond motifs is 1. The first-order valence-corrected chi connectivity index (χ1v) is 7.16. The quantitative estimate of drug-likeness (QED) is 0.692. The number of H-pyrrole nitrogens is 2. The van der Waals surface area contributed by atoms with Crippen LogP contribution in [0.5, 0.6) is 5.75 Å². The van der Waals surface area contributed by atoms with Crippen molar-refractivity contribution < 1.29 is 23.1 Å². The third-order valence-electron chi connectivity index (χ3n) is 2.96. The third-order valence-corrected chi connectivity index (χ3v) is 3.87. The third kappa shape index (κ3) is 2.02. The summed E-state index contributed by atoms with van der Waals surface area (Å²) in [5.74, 6) is -0.0153. The molecule has 0 saturated heterocycles. The van der Waals surface area contributed by atoms with Gasteiger partial charge in [-0.3, -0.25) is 0 Å². The van der Waals surface area contributed by atoms with Crippen molar-refractivity contribution in [3.63, 3.8) is 0 Å². The van der Waals surface area contributed by atoms with Gasteiger partial charge in [0.2, 0.25) is 0 Å². The first-order chi connectivity index (χ1) is 9.47. The molecule has 0 aliphatic rings. The number of nitrogens with one attached hydrogen (secondary N) is 2. The highest BCUT2D eigenvalue weighted by atomic mass is 32.2. The number of hydrogen-bond donors (Lipinski definition) is 2. The zero-order chi connectivity index (χ0) is 14.3. The Labute approximate surface area is 114 Å². The van der Waals surface area contributed by atoms with Crippen LogP contribution in [-0.2, 0) is 10.1 Å². The van der Waals surface area contributed by atoms with Gasteiger partial charge in [0.1, 0.15) is 20.8 Å². The van der Waals surface area contributed by atoms with Crippen molar-refractivity contribution in [3.05, 3.63) is 42.5 Å². The van der Waals surface area contributed by atoms with Crippen LogP contribution < -0.4 is 4.98 Å². The first-order valence-electron chi connectivity index (χ1n) is 5.75. The molecule has 2 aromatic carbocycles. The molecule has 3 N–H and O–H groups in total. The van der Waals surface area contributed by atoms with Crippen molar-refractivity contribution in [1.82, 2.24) is 4.98 Å². The van der Waals surface area contributed by atoms with Gasteiger partial charge in [0.15, 0.2) is 11.0 Å². The molecule has 20 heavy (non-hydrogen) atoms. The molecular formula is C13H10N2O4S. The summed E-state index contributed by atoms with van der Waals surface area (Å²) in [6.07, 6.45) is 0. The molecule has 1 aromatic heterocycles. The number of rotatable bonds is 2.